The first-order chi connectivity index (χ1) is 15.8. The van der Waals surface area contributed by atoms with E-state index in [-0.39, 0.29) is 38.8 Å². The predicted octanol–water partition coefficient (Wildman–Crippen LogP) is 5.96. The summed E-state index contributed by atoms with van der Waals surface area (Å²) in [6.45, 7) is 14.6. The van der Waals surface area contributed by atoms with Gasteiger partial charge in [-0.1, -0.05) is 58.1 Å². The molecule has 2 N–H and O–H groups in total. The Bertz CT molecular complexity index is 1010. The van der Waals surface area contributed by atoms with Crippen LogP contribution in [0, 0.1) is 50.7 Å². The Balaban J connectivity index is 1.49. The molecule has 186 valence electrons. The maximum absolute atomic E-state index is 12.7. The summed E-state index contributed by atoms with van der Waals surface area (Å²) < 4.78 is 0. The number of carbonyl (C=O) groups is 2. The number of aliphatic hydroxyl groups excluding tert-OH is 1. The largest absolute Gasteiger partial charge is 0.481 e. The van der Waals surface area contributed by atoms with Crippen molar-refractivity contribution < 1.29 is 19.8 Å². The molecule has 5 aliphatic carbocycles. The zero-order valence-electron chi connectivity index (χ0n) is 21.6. The van der Waals surface area contributed by atoms with Gasteiger partial charge < -0.3 is 10.2 Å². The van der Waals surface area contributed by atoms with Crippen LogP contribution in [0.25, 0.3) is 0 Å². The quantitative estimate of drug-likeness (QED) is 0.473. The van der Waals surface area contributed by atoms with Crippen LogP contribution in [0.5, 0.6) is 0 Å². The van der Waals surface area contributed by atoms with Gasteiger partial charge in [0.1, 0.15) is 0 Å². The van der Waals surface area contributed by atoms with E-state index < -0.39 is 18.0 Å². The Hall–Kier alpha value is -1.68. The molecule has 0 amide bonds. The van der Waals surface area contributed by atoms with Crippen molar-refractivity contribution in [1.82, 2.24) is 0 Å². The number of ketones is 1. The summed E-state index contributed by atoms with van der Waals surface area (Å²) in [7, 11) is 0. The summed E-state index contributed by atoms with van der Waals surface area (Å²) in [5.74, 6) is 0.0320. The SMILES string of the molecule is C=C(C)[C@H](O)CC[C@@H](C(=O)O)[C@H]1CC[C@@]2(C)[C@@H]3CC[C@H]4C(C)(C)C(=O)C=C[C@@]45C[C@@]35C=C[C@]12C. The maximum Gasteiger partial charge on any atom is 0.306 e. The molecule has 4 nitrogen and oxygen atoms in total. The Morgan fingerprint density at radius 3 is 2.35 bits per heavy atom. The van der Waals surface area contributed by atoms with Crippen molar-refractivity contribution in [2.45, 2.75) is 85.7 Å². The van der Waals surface area contributed by atoms with Crippen LogP contribution in [0.1, 0.15) is 79.6 Å². The Kier molecular flexibility index (Phi) is 5.08. The Morgan fingerprint density at radius 1 is 1.06 bits per heavy atom. The minimum atomic E-state index is -0.736. The molecule has 5 aliphatic rings. The third kappa shape index (κ3) is 2.75. The van der Waals surface area contributed by atoms with Gasteiger partial charge in [0.25, 0.3) is 0 Å². The fourth-order valence-corrected chi connectivity index (χ4v) is 9.68. The van der Waals surface area contributed by atoms with Crippen LogP contribution in [-0.4, -0.2) is 28.1 Å². The lowest BCUT2D eigenvalue weighted by atomic mass is 9.45. The molecule has 2 spiro atoms. The highest BCUT2D eigenvalue weighted by Crippen LogP contribution is 2.86. The van der Waals surface area contributed by atoms with Crippen molar-refractivity contribution in [2.24, 2.45) is 50.7 Å². The van der Waals surface area contributed by atoms with Crippen molar-refractivity contribution in [3.63, 3.8) is 0 Å². The highest BCUT2D eigenvalue weighted by molar-refractivity contribution is 5.96. The van der Waals surface area contributed by atoms with E-state index in [1.807, 2.05) is 6.08 Å². The number of hydrogen-bond acceptors (Lipinski definition) is 3. The van der Waals surface area contributed by atoms with Crippen molar-refractivity contribution in [3.05, 3.63) is 36.5 Å². The second kappa shape index (κ2) is 7.18. The summed E-state index contributed by atoms with van der Waals surface area (Å²) in [5, 5.41) is 20.5. The zero-order chi connectivity index (χ0) is 24.9. The summed E-state index contributed by atoms with van der Waals surface area (Å²) in [4.78, 5) is 25.2. The van der Waals surface area contributed by atoms with Gasteiger partial charge in [0, 0.05) is 16.2 Å². The van der Waals surface area contributed by atoms with Crippen molar-refractivity contribution in [2.75, 3.05) is 0 Å². The van der Waals surface area contributed by atoms with Crippen LogP contribution in [0.4, 0.5) is 0 Å². The van der Waals surface area contributed by atoms with E-state index in [4.69, 9.17) is 0 Å². The number of carboxylic acid groups (broad SMARTS) is 1. The predicted molar refractivity (Wildman–Crippen MR) is 133 cm³/mol. The van der Waals surface area contributed by atoms with Crippen molar-refractivity contribution in [3.8, 4) is 0 Å². The molecule has 0 heterocycles. The van der Waals surface area contributed by atoms with Crippen molar-refractivity contribution >= 4 is 11.8 Å². The Labute approximate surface area is 204 Å². The second-order valence-corrected chi connectivity index (χ2v) is 13.4. The molecular weight excluding hydrogens is 424 g/mol. The summed E-state index contributed by atoms with van der Waals surface area (Å²) in [6, 6.07) is 0. The topological polar surface area (TPSA) is 74.6 Å². The molecule has 0 aliphatic heterocycles. The van der Waals surface area contributed by atoms with Crippen LogP contribution in [0.3, 0.4) is 0 Å². The lowest BCUT2D eigenvalue weighted by Crippen LogP contribution is -2.54. The van der Waals surface area contributed by atoms with Gasteiger partial charge in [-0.25, -0.2) is 0 Å². The monoisotopic (exact) mass is 466 g/mol. The summed E-state index contributed by atoms with van der Waals surface area (Å²) >= 11 is 0. The molecule has 0 radical (unpaired) electrons. The van der Waals surface area contributed by atoms with Gasteiger partial charge in [-0.15, -0.1) is 0 Å². The van der Waals surface area contributed by atoms with E-state index in [0.717, 1.165) is 32.1 Å². The zero-order valence-corrected chi connectivity index (χ0v) is 21.6. The van der Waals surface area contributed by atoms with Crippen LogP contribution in [-0.2, 0) is 9.59 Å². The van der Waals surface area contributed by atoms with E-state index in [1.165, 1.54) is 0 Å². The van der Waals surface area contributed by atoms with Crippen molar-refractivity contribution in [1.29, 1.82) is 0 Å². The van der Waals surface area contributed by atoms with E-state index in [0.29, 0.717) is 30.3 Å². The van der Waals surface area contributed by atoms with Gasteiger partial charge in [-0.3, -0.25) is 9.59 Å². The minimum Gasteiger partial charge on any atom is -0.481 e. The summed E-state index contributed by atoms with van der Waals surface area (Å²) in [5.41, 5.74) is 0.451. The molecule has 3 saturated carbocycles. The highest BCUT2D eigenvalue weighted by atomic mass is 16.4. The third-order valence-electron chi connectivity index (χ3n) is 11.9. The number of hydrogen-bond donors (Lipinski definition) is 2. The number of rotatable bonds is 6. The number of carboxylic acids is 1. The van der Waals surface area contributed by atoms with Gasteiger partial charge in [0.15, 0.2) is 5.78 Å². The molecule has 0 aromatic carbocycles. The van der Waals surface area contributed by atoms with Crippen LogP contribution < -0.4 is 0 Å². The maximum atomic E-state index is 12.7. The lowest BCUT2D eigenvalue weighted by molar-refractivity contribution is -0.147. The molecule has 0 aromatic heterocycles. The molecule has 3 fully saturated rings. The standard InChI is InChI=1S/C30H42O4/c1-18(2)21(31)8-7-19(25(33)34)20-11-13-28(6)23-10-9-22-26(3,4)24(32)12-14-29(22)17-30(23,29)16-15-27(20,28)5/h12,14-16,19-23,31H,1,7-11,13,17H2,2-6H3,(H,33,34)/t19-,20-,21-,22+,23+,27-,28+,29-,30+/m1/s1. The summed E-state index contributed by atoms with van der Waals surface area (Å²) in [6.07, 6.45) is 14.6. The first kappa shape index (κ1) is 24.0. The average Bonchev–Trinajstić information content (AvgIpc) is 3.35. The molecule has 0 aromatic rings. The molecule has 0 saturated heterocycles. The molecule has 0 unspecified atom stereocenters. The van der Waals surface area contributed by atoms with E-state index in [1.54, 1.807) is 6.92 Å². The highest BCUT2D eigenvalue weighted by Gasteiger charge is 2.80. The van der Waals surface area contributed by atoms with E-state index >= 15 is 0 Å². The van der Waals surface area contributed by atoms with Gasteiger partial charge in [0.05, 0.1) is 12.0 Å². The third-order valence-corrected chi connectivity index (χ3v) is 11.9. The fraction of sp³-hybridized carbons (Fsp3) is 0.733. The number of aliphatic hydroxyl groups is 1. The van der Waals surface area contributed by atoms with E-state index in [9.17, 15) is 19.8 Å². The molecule has 0 bridgehead atoms. The second-order valence-electron chi connectivity index (χ2n) is 13.4. The van der Waals surface area contributed by atoms with E-state index in [2.05, 4.69) is 52.5 Å². The minimum absolute atomic E-state index is 0.0427. The van der Waals surface area contributed by atoms with Gasteiger partial charge in [-0.05, 0) is 86.5 Å². The number of carbonyl (C=O) groups excluding carboxylic acids is 1. The Morgan fingerprint density at radius 2 is 1.71 bits per heavy atom. The average molecular weight is 467 g/mol. The smallest absolute Gasteiger partial charge is 0.306 e. The fourth-order valence-electron chi connectivity index (χ4n) is 9.68. The number of fused-ring (bicyclic) bond motifs is 2. The normalized spacial score (nSPS) is 47.1. The van der Waals surface area contributed by atoms with Gasteiger partial charge in [-0.2, -0.15) is 0 Å². The van der Waals surface area contributed by atoms with Gasteiger partial charge >= 0.3 is 5.97 Å². The number of aliphatic carboxylic acids is 1. The van der Waals surface area contributed by atoms with Crippen LogP contribution >= 0.6 is 0 Å². The molecule has 5 rings (SSSR count). The first-order valence-electron chi connectivity index (χ1n) is 13.3. The molecule has 9 atom stereocenters. The van der Waals surface area contributed by atoms with Gasteiger partial charge in [0.2, 0.25) is 0 Å². The molecular formula is C30H42O4. The first-order valence-corrected chi connectivity index (χ1v) is 13.3. The van der Waals surface area contributed by atoms with Crippen LogP contribution in [0.2, 0.25) is 0 Å². The lowest BCUT2D eigenvalue weighted by Gasteiger charge is -2.59. The molecule has 4 heteroatoms. The van der Waals surface area contributed by atoms with Crippen LogP contribution in [0.15, 0.2) is 36.5 Å². The molecule has 34 heavy (non-hydrogen) atoms. The number of allylic oxidation sites excluding steroid dienone is 4.